The van der Waals surface area contributed by atoms with E-state index in [1.807, 2.05) is 12.1 Å². The van der Waals surface area contributed by atoms with Gasteiger partial charge in [0, 0.05) is 30.1 Å². The second kappa shape index (κ2) is 9.71. The molecule has 1 aromatic carbocycles. The molecule has 1 unspecified atom stereocenters. The SMILES string of the molecule is CC(C)CC(CNC(=O)CN1C(=O)COc2cc(Br)ccc21)N1CCOCC1. The molecule has 2 heterocycles. The molecule has 2 aliphatic rings. The van der Waals surface area contributed by atoms with Crippen molar-refractivity contribution in [3.05, 3.63) is 22.7 Å². The molecule has 154 valence electrons. The normalized spacial score (nSPS) is 18.6. The van der Waals surface area contributed by atoms with Crippen LogP contribution in [0, 0.1) is 5.92 Å². The number of nitrogens with one attached hydrogen (secondary N) is 1. The van der Waals surface area contributed by atoms with Gasteiger partial charge in [0.05, 0.1) is 18.9 Å². The van der Waals surface area contributed by atoms with Gasteiger partial charge >= 0.3 is 0 Å². The topological polar surface area (TPSA) is 71.1 Å². The Morgan fingerprint density at radius 2 is 2.04 bits per heavy atom. The Balaban J connectivity index is 1.60. The van der Waals surface area contributed by atoms with E-state index in [1.54, 1.807) is 6.07 Å². The highest BCUT2D eigenvalue weighted by Crippen LogP contribution is 2.34. The average Bonchev–Trinajstić information content (AvgIpc) is 2.67. The average molecular weight is 454 g/mol. The van der Waals surface area contributed by atoms with Crippen LogP contribution >= 0.6 is 15.9 Å². The van der Waals surface area contributed by atoms with E-state index in [0.29, 0.717) is 23.9 Å². The van der Waals surface area contributed by atoms with Crippen LogP contribution in [0.3, 0.4) is 0 Å². The molecule has 0 radical (unpaired) electrons. The lowest BCUT2D eigenvalue weighted by atomic mass is 10.0. The summed E-state index contributed by atoms with van der Waals surface area (Å²) in [7, 11) is 0. The molecule has 2 amide bonds. The Hall–Kier alpha value is -1.64. The van der Waals surface area contributed by atoms with Crippen molar-refractivity contribution in [2.24, 2.45) is 5.92 Å². The van der Waals surface area contributed by atoms with Gasteiger partial charge in [0.15, 0.2) is 6.61 Å². The summed E-state index contributed by atoms with van der Waals surface area (Å²) in [6, 6.07) is 5.71. The smallest absolute Gasteiger partial charge is 0.265 e. The summed E-state index contributed by atoms with van der Waals surface area (Å²) in [5, 5.41) is 3.03. The maximum Gasteiger partial charge on any atom is 0.265 e. The van der Waals surface area contributed by atoms with E-state index in [2.05, 4.69) is 40.0 Å². The first kappa shape index (κ1) is 21.1. The van der Waals surface area contributed by atoms with E-state index in [4.69, 9.17) is 9.47 Å². The zero-order valence-corrected chi connectivity index (χ0v) is 18.0. The van der Waals surface area contributed by atoms with Crippen molar-refractivity contribution in [2.45, 2.75) is 26.3 Å². The molecule has 1 saturated heterocycles. The third kappa shape index (κ3) is 5.46. The van der Waals surface area contributed by atoms with Gasteiger partial charge in [-0.15, -0.1) is 0 Å². The largest absolute Gasteiger partial charge is 0.482 e. The number of carbonyl (C=O) groups is 2. The lowest BCUT2D eigenvalue weighted by Gasteiger charge is -2.35. The summed E-state index contributed by atoms with van der Waals surface area (Å²) in [6.45, 7) is 8.13. The number of carbonyl (C=O) groups excluding carboxylic acids is 2. The summed E-state index contributed by atoms with van der Waals surface area (Å²) in [4.78, 5) is 28.8. The highest BCUT2D eigenvalue weighted by atomic mass is 79.9. The first-order valence-corrected chi connectivity index (χ1v) is 10.5. The maximum atomic E-state index is 12.6. The summed E-state index contributed by atoms with van der Waals surface area (Å²) in [5.41, 5.74) is 0.626. The third-order valence-electron chi connectivity index (χ3n) is 5.01. The molecule has 1 aromatic rings. The van der Waals surface area contributed by atoms with Gasteiger partial charge in [-0.05, 0) is 30.5 Å². The van der Waals surface area contributed by atoms with Crippen LogP contribution in [0.4, 0.5) is 5.69 Å². The van der Waals surface area contributed by atoms with Gasteiger partial charge < -0.3 is 14.8 Å². The number of benzene rings is 1. The van der Waals surface area contributed by atoms with Gasteiger partial charge in [-0.1, -0.05) is 29.8 Å². The van der Waals surface area contributed by atoms with Crippen LogP contribution in [0.5, 0.6) is 5.75 Å². The molecule has 3 rings (SSSR count). The van der Waals surface area contributed by atoms with Crippen molar-refractivity contribution in [2.75, 3.05) is 50.9 Å². The fourth-order valence-corrected chi connectivity index (χ4v) is 3.97. The second-order valence-electron chi connectivity index (χ2n) is 7.62. The Morgan fingerprint density at radius 3 is 2.75 bits per heavy atom. The van der Waals surface area contributed by atoms with Crippen LogP contribution < -0.4 is 15.0 Å². The van der Waals surface area contributed by atoms with E-state index in [9.17, 15) is 9.59 Å². The predicted octanol–water partition coefficient (Wildman–Crippen LogP) is 2.04. The molecular formula is C20H28BrN3O4. The van der Waals surface area contributed by atoms with Crippen molar-refractivity contribution in [3.8, 4) is 5.75 Å². The van der Waals surface area contributed by atoms with Gasteiger partial charge in [-0.2, -0.15) is 0 Å². The molecule has 1 fully saturated rings. The number of anilines is 1. The van der Waals surface area contributed by atoms with E-state index in [0.717, 1.165) is 37.2 Å². The van der Waals surface area contributed by atoms with Crippen LogP contribution in [0.2, 0.25) is 0 Å². The number of fused-ring (bicyclic) bond motifs is 1. The first-order valence-electron chi connectivity index (χ1n) is 9.75. The monoisotopic (exact) mass is 453 g/mol. The molecule has 0 spiro atoms. The Labute approximate surface area is 174 Å². The molecule has 0 saturated carbocycles. The molecule has 0 aromatic heterocycles. The number of amides is 2. The van der Waals surface area contributed by atoms with Gasteiger partial charge in [-0.3, -0.25) is 19.4 Å². The van der Waals surface area contributed by atoms with Crippen molar-refractivity contribution < 1.29 is 19.1 Å². The number of hydrogen-bond acceptors (Lipinski definition) is 5. The highest BCUT2D eigenvalue weighted by molar-refractivity contribution is 9.10. The summed E-state index contributed by atoms with van der Waals surface area (Å²) < 4.78 is 11.8. The number of halogens is 1. The molecule has 0 aliphatic carbocycles. The molecule has 2 aliphatic heterocycles. The lowest BCUT2D eigenvalue weighted by molar-refractivity contribution is -0.125. The zero-order valence-electron chi connectivity index (χ0n) is 16.4. The molecule has 28 heavy (non-hydrogen) atoms. The van der Waals surface area contributed by atoms with E-state index >= 15 is 0 Å². The summed E-state index contributed by atoms with van der Waals surface area (Å²) in [6.07, 6.45) is 1.01. The molecule has 1 N–H and O–H groups in total. The number of morpholine rings is 1. The van der Waals surface area contributed by atoms with Crippen molar-refractivity contribution in [3.63, 3.8) is 0 Å². The van der Waals surface area contributed by atoms with Crippen molar-refractivity contribution >= 4 is 33.4 Å². The predicted molar refractivity (Wildman–Crippen MR) is 111 cm³/mol. The minimum Gasteiger partial charge on any atom is -0.482 e. The minimum atomic E-state index is -0.211. The van der Waals surface area contributed by atoms with Gasteiger partial charge in [0.25, 0.3) is 5.91 Å². The Kier molecular flexibility index (Phi) is 7.31. The fraction of sp³-hybridized carbons (Fsp3) is 0.600. The zero-order chi connectivity index (χ0) is 20.1. The minimum absolute atomic E-state index is 0.00562. The number of hydrogen-bond donors (Lipinski definition) is 1. The van der Waals surface area contributed by atoms with Crippen LogP contribution in [0.25, 0.3) is 0 Å². The van der Waals surface area contributed by atoms with Crippen molar-refractivity contribution in [1.29, 1.82) is 0 Å². The summed E-state index contributed by atoms with van der Waals surface area (Å²) >= 11 is 3.40. The number of nitrogens with zero attached hydrogens (tertiary/aromatic N) is 2. The first-order chi connectivity index (χ1) is 13.4. The third-order valence-corrected chi connectivity index (χ3v) is 5.50. The lowest BCUT2D eigenvalue weighted by Crippen LogP contribution is -2.51. The summed E-state index contributed by atoms with van der Waals surface area (Å²) in [5.74, 6) is 0.770. The number of ether oxygens (including phenoxy) is 2. The van der Waals surface area contributed by atoms with Crippen LogP contribution in [0.15, 0.2) is 22.7 Å². The quantitative estimate of drug-likeness (QED) is 0.683. The van der Waals surface area contributed by atoms with Crippen LogP contribution in [-0.4, -0.2) is 68.8 Å². The second-order valence-corrected chi connectivity index (χ2v) is 8.53. The molecule has 1 atom stereocenters. The fourth-order valence-electron chi connectivity index (χ4n) is 3.63. The molecule has 0 bridgehead atoms. The Bertz CT molecular complexity index is 707. The van der Waals surface area contributed by atoms with Gasteiger partial charge in [0.1, 0.15) is 12.3 Å². The standard InChI is InChI=1S/C20H28BrN3O4/c1-14(2)9-16(23-5-7-27-8-6-23)11-22-19(25)12-24-17-4-3-15(21)10-18(17)28-13-20(24)26/h3-4,10,14,16H,5-9,11-13H2,1-2H3,(H,22,25). The van der Waals surface area contributed by atoms with E-state index in [1.165, 1.54) is 4.90 Å². The number of rotatable bonds is 7. The van der Waals surface area contributed by atoms with Gasteiger partial charge in [-0.25, -0.2) is 0 Å². The Morgan fingerprint density at radius 1 is 1.29 bits per heavy atom. The van der Waals surface area contributed by atoms with Gasteiger partial charge in [0.2, 0.25) is 5.91 Å². The van der Waals surface area contributed by atoms with Crippen LogP contribution in [-0.2, 0) is 14.3 Å². The molecule has 7 nitrogen and oxygen atoms in total. The van der Waals surface area contributed by atoms with E-state index < -0.39 is 0 Å². The molecule has 8 heteroatoms. The van der Waals surface area contributed by atoms with Crippen molar-refractivity contribution in [1.82, 2.24) is 10.2 Å². The maximum absolute atomic E-state index is 12.6. The van der Waals surface area contributed by atoms with Crippen LogP contribution in [0.1, 0.15) is 20.3 Å². The van der Waals surface area contributed by atoms with E-state index in [-0.39, 0.29) is 31.0 Å². The highest BCUT2D eigenvalue weighted by Gasteiger charge is 2.28. The molecular weight excluding hydrogens is 426 g/mol.